The molecule has 1 aromatic heterocycles. The maximum atomic E-state index is 11.1. The van der Waals surface area contributed by atoms with E-state index in [4.69, 9.17) is 5.73 Å². The summed E-state index contributed by atoms with van der Waals surface area (Å²) in [7, 11) is 4.08. The minimum atomic E-state index is -0.347. The maximum Gasteiger partial charge on any atom is 0.227 e. The van der Waals surface area contributed by atoms with Gasteiger partial charge in [-0.1, -0.05) is 36.0 Å². The highest BCUT2D eigenvalue weighted by atomic mass is 32.2. The van der Waals surface area contributed by atoms with E-state index in [1.54, 1.807) is 0 Å². The topological polar surface area (TPSA) is 64.1 Å². The van der Waals surface area contributed by atoms with Crippen molar-refractivity contribution >= 4 is 34.1 Å². The third-order valence-corrected chi connectivity index (χ3v) is 4.83. The van der Waals surface area contributed by atoms with Crippen molar-refractivity contribution in [3.63, 3.8) is 0 Å². The molecule has 0 spiro atoms. The fraction of sp³-hybridized carbons (Fsp3) is 0.222. The zero-order valence-electron chi connectivity index (χ0n) is 14.0. The molecule has 3 rings (SSSR count). The van der Waals surface area contributed by atoms with Gasteiger partial charge in [-0.2, -0.15) is 0 Å². The lowest BCUT2D eigenvalue weighted by Gasteiger charge is -2.19. The van der Waals surface area contributed by atoms with Crippen LogP contribution in [0.4, 0.5) is 5.69 Å². The number of aromatic nitrogens is 2. The number of imidazole rings is 1. The van der Waals surface area contributed by atoms with Gasteiger partial charge in [0.25, 0.3) is 0 Å². The molecule has 124 valence electrons. The van der Waals surface area contributed by atoms with Crippen molar-refractivity contribution in [2.75, 3.05) is 24.7 Å². The van der Waals surface area contributed by atoms with Crippen molar-refractivity contribution in [1.82, 2.24) is 9.55 Å². The molecule has 0 aliphatic heterocycles. The van der Waals surface area contributed by atoms with E-state index in [1.165, 1.54) is 22.8 Å². The van der Waals surface area contributed by atoms with Gasteiger partial charge in [-0.15, -0.1) is 0 Å². The van der Waals surface area contributed by atoms with Crippen LogP contribution in [0.15, 0.2) is 47.8 Å². The second-order valence-electron chi connectivity index (χ2n) is 5.82. The average molecular weight is 340 g/mol. The van der Waals surface area contributed by atoms with E-state index in [-0.39, 0.29) is 11.7 Å². The largest absolute Gasteiger partial charge is 0.377 e. The Morgan fingerprint density at radius 1 is 1.21 bits per heavy atom. The highest BCUT2D eigenvalue weighted by molar-refractivity contribution is 7.99. The Balaban J connectivity index is 2.19. The summed E-state index contributed by atoms with van der Waals surface area (Å²) >= 11 is 1.36. The van der Waals surface area contributed by atoms with Gasteiger partial charge in [-0.05, 0) is 19.1 Å². The van der Waals surface area contributed by atoms with Gasteiger partial charge in [0.1, 0.15) is 0 Å². The number of rotatable bonds is 5. The first-order valence-electron chi connectivity index (χ1n) is 7.64. The molecule has 0 radical (unpaired) electrons. The highest BCUT2D eigenvalue weighted by Crippen LogP contribution is 2.33. The minimum absolute atomic E-state index is 0.212. The van der Waals surface area contributed by atoms with Crippen molar-refractivity contribution in [2.24, 2.45) is 5.73 Å². The van der Waals surface area contributed by atoms with Gasteiger partial charge in [-0.3, -0.25) is 9.36 Å². The van der Waals surface area contributed by atoms with Crippen molar-refractivity contribution in [2.45, 2.75) is 12.1 Å². The van der Waals surface area contributed by atoms with Crippen LogP contribution in [0.1, 0.15) is 5.69 Å². The standard InChI is InChI=1S/C18H20N4OS/c1-12-10-20-18(24-11-17(19)23)22(12)16-9-8-15(21(2)3)13-6-4-5-7-14(13)16/h4-10H,11H2,1-3H3,(H2,19,23). The first kappa shape index (κ1) is 16.4. The molecule has 0 saturated heterocycles. The number of benzene rings is 2. The number of nitrogens with two attached hydrogens (primary N) is 1. The third-order valence-electron chi connectivity index (χ3n) is 3.85. The second-order valence-corrected chi connectivity index (χ2v) is 6.76. The molecule has 1 heterocycles. The average Bonchev–Trinajstić information content (AvgIpc) is 2.92. The van der Waals surface area contributed by atoms with E-state index in [1.807, 2.05) is 39.3 Å². The Morgan fingerprint density at radius 3 is 2.58 bits per heavy atom. The molecule has 0 aliphatic rings. The smallest absolute Gasteiger partial charge is 0.227 e. The van der Waals surface area contributed by atoms with Crippen molar-refractivity contribution in [3.8, 4) is 5.69 Å². The third kappa shape index (κ3) is 2.97. The monoisotopic (exact) mass is 340 g/mol. The number of carbonyl (C=O) groups excluding carboxylic acids is 1. The van der Waals surface area contributed by atoms with Gasteiger partial charge < -0.3 is 10.6 Å². The molecule has 0 bridgehead atoms. The van der Waals surface area contributed by atoms with Crippen molar-refractivity contribution in [3.05, 3.63) is 48.3 Å². The van der Waals surface area contributed by atoms with Crippen LogP contribution in [-0.4, -0.2) is 35.3 Å². The normalized spacial score (nSPS) is 11.0. The van der Waals surface area contributed by atoms with Crippen LogP contribution in [0.2, 0.25) is 0 Å². The van der Waals surface area contributed by atoms with Crippen LogP contribution in [0.5, 0.6) is 0 Å². The van der Waals surface area contributed by atoms with E-state index in [0.717, 1.165) is 21.9 Å². The molecule has 6 heteroatoms. The summed E-state index contributed by atoms with van der Waals surface area (Å²) in [5, 5.41) is 3.10. The van der Waals surface area contributed by atoms with Crippen molar-refractivity contribution in [1.29, 1.82) is 0 Å². The summed E-state index contributed by atoms with van der Waals surface area (Å²) in [5.74, 6) is -0.135. The lowest BCUT2D eigenvalue weighted by atomic mass is 10.1. The number of primary amides is 1. The fourth-order valence-electron chi connectivity index (χ4n) is 2.80. The molecular formula is C18H20N4OS. The number of nitrogens with zero attached hydrogens (tertiary/aromatic N) is 3. The second kappa shape index (κ2) is 6.57. The SMILES string of the molecule is Cc1cnc(SCC(N)=O)n1-c1ccc(N(C)C)c2ccccc12. The van der Waals surface area contributed by atoms with Gasteiger partial charge in [0, 0.05) is 42.4 Å². The Hall–Kier alpha value is -2.47. The van der Waals surface area contributed by atoms with Crippen LogP contribution in [-0.2, 0) is 4.79 Å². The molecule has 2 N–H and O–H groups in total. The zero-order valence-corrected chi connectivity index (χ0v) is 14.8. The predicted molar refractivity (Wildman–Crippen MR) is 100 cm³/mol. The van der Waals surface area contributed by atoms with E-state index in [0.29, 0.717) is 0 Å². The summed E-state index contributed by atoms with van der Waals surface area (Å²) in [6.07, 6.45) is 1.82. The summed E-state index contributed by atoms with van der Waals surface area (Å²) in [6.45, 7) is 2.01. The number of hydrogen-bond donors (Lipinski definition) is 1. The number of aryl methyl sites for hydroxylation is 1. The molecule has 0 aliphatic carbocycles. The van der Waals surface area contributed by atoms with Gasteiger partial charge >= 0.3 is 0 Å². The number of thioether (sulfide) groups is 1. The quantitative estimate of drug-likeness (QED) is 0.725. The van der Waals surface area contributed by atoms with E-state index < -0.39 is 0 Å². The van der Waals surface area contributed by atoms with Crippen LogP contribution in [0.3, 0.4) is 0 Å². The summed E-state index contributed by atoms with van der Waals surface area (Å²) in [4.78, 5) is 17.7. The summed E-state index contributed by atoms with van der Waals surface area (Å²) in [6, 6.07) is 12.5. The number of carbonyl (C=O) groups is 1. The van der Waals surface area contributed by atoms with Gasteiger partial charge in [0.15, 0.2) is 5.16 Å². The first-order valence-corrected chi connectivity index (χ1v) is 8.62. The fourth-order valence-corrected chi connectivity index (χ4v) is 3.57. The van der Waals surface area contributed by atoms with Crippen LogP contribution >= 0.6 is 11.8 Å². The van der Waals surface area contributed by atoms with E-state index in [9.17, 15) is 4.79 Å². The molecule has 0 unspecified atom stereocenters. The maximum absolute atomic E-state index is 11.1. The highest BCUT2D eigenvalue weighted by Gasteiger charge is 2.15. The molecular weight excluding hydrogens is 320 g/mol. The Labute approximate surface area is 145 Å². The van der Waals surface area contributed by atoms with Gasteiger partial charge in [-0.25, -0.2) is 4.98 Å². The molecule has 0 atom stereocenters. The predicted octanol–water partition coefficient (Wildman–Crippen LogP) is 2.98. The Bertz CT molecular complexity index is 901. The summed E-state index contributed by atoms with van der Waals surface area (Å²) < 4.78 is 2.08. The van der Waals surface area contributed by atoms with Gasteiger partial charge in [0.2, 0.25) is 5.91 Å². The lowest BCUT2D eigenvalue weighted by Crippen LogP contribution is -2.14. The molecule has 0 saturated carbocycles. The van der Waals surface area contributed by atoms with Crippen LogP contribution < -0.4 is 10.6 Å². The van der Waals surface area contributed by atoms with Gasteiger partial charge in [0.05, 0.1) is 11.4 Å². The van der Waals surface area contributed by atoms with Crippen molar-refractivity contribution < 1.29 is 4.79 Å². The molecule has 5 nitrogen and oxygen atoms in total. The number of amides is 1. The number of anilines is 1. The Kier molecular flexibility index (Phi) is 4.49. The summed E-state index contributed by atoms with van der Waals surface area (Å²) in [5.41, 5.74) is 8.51. The molecule has 3 aromatic rings. The first-order chi connectivity index (χ1) is 11.5. The van der Waals surface area contributed by atoms with E-state index >= 15 is 0 Å². The molecule has 0 fully saturated rings. The number of hydrogen-bond acceptors (Lipinski definition) is 4. The minimum Gasteiger partial charge on any atom is -0.377 e. The number of fused-ring (bicyclic) bond motifs is 1. The Morgan fingerprint density at radius 2 is 1.92 bits per heavy atom. The molecule has 2 aromatic carbocycles. The molecule has 24 heavy (non-hydrogen) atoms. The zero-order chi connectivity index (χ0) is 17.3. The van der Waals surface area contributed by atoms with E-state index in [2.05, 4.69) is 38.7 Å². The van der Waals surface area contributed by atoms with Crippen LogP contribution in [0, 0.1) is 6.92 Å². The van der Waals surface area contributed by atoms with Crippen LogP contribution in [0.25, 0.3) is 16.5 Å². The lowest BCUT2D eigenvalue weighted by molar-refractivity contribution is -0.115. The molecule has 1 amide bonds.